The molecule has 0 fully saturated rings. The van der Waals surface area contributed by atoms with E-state index in [2.05, 4.69) is 5.32 Å². The standard InChI is InChI=1S/C20H15N3O7S2/c21-18-15(32(28,29)30)9-14(23-10-5-7-11(8-6-10)31(22,26)27)16-17(18)20(25)13-4-2-1-3-12(13)19(16)24/h1-9,23H,21H2,(H2,22,26,27)(H,28,29,30)/p-1. The van der Waals surface area contributed by atoms with E-state index in [1.807, 2.05) is 0 Å². The Kier molecular flexibility index (Phi) is 4.90. The summed E-state index contributed by atoms with van der Waals surface area (Å²) in [5.74, 6) is -1.30. The average molecular weight is 472 g/mol. The second-order valence-corrected chi connectivity index (χ2v) is 9.85. The predicted molar refractivity (Wildman–Crippen MR) is 113 cm³/mol. The first-order valence-corrected chi connectivity index (χ1v) is 11.9. The van der Waals surface area contributed by atoms with Crippen LogP contribution in [0.4, 0.5) is 17.1 Å². The van der Waals surface area contributed by atoms with E-state index in [0.29, 0.717) is 0 Å². The minimum atomic E-state index is -5.10. The van der Waals surface area contributed by atoms with E-state index in [-0.39, 0.29) is 33.0 Å². The number of nitrogens with two attached hydrogens (primary N) is 2. The van der Waals surface area contributed by atoms with Gasteiger partial charge in [0, 0.05) is 16.8 Å². The first kappa shape index (κ1) is 21.6. The molecule has 3 aromatic rings. The lowest BCUT2D eigenvalue weighted by atomic mass is 9.82. The lowest BCUT2D eigenvalue weighted by Crippen LogP contribution is -2.25. The molecule has 3 aromatic carbocycles. The average Bonchev–Trinajstić information content (AvgIpc) is 2.72. The van der Waals surface area contributed by atoms with Crippen LogP contribution >= 0.6 is 0 Å². The highest BCUT2D eigenvalue weighted by molar-refractivity contribution is 7.89. The number of nitrogen functional groups attached to an aromatic ring is 1. The van der Waals surface area contributed by atoms with Crippen LogP contribution < -0.4 is 16.2 Å². The zero-order valence-electron chi connectivity index (χ0n) is 16.0. The van der Waals surface area contributed by atoms with Crippen molar-refractivity contribution in [1.29, 1.82) is 0 Å². The highest BCUT2D eigenvalue weighted by atomic mass is 32.2. The Morgan fingerprint density at radius 1 is 0.812 bits per heavy atom. The molecule has 0 spiro atoms. The molecule has 164 valence electrons. The van der Waals surface area contributed by atoms with Crippen molar-refractivity contribution < 1.29 is 31.0 Å². The molecule has 0 saturated carbocycles. The summed E-state index contributed by atoms with van der Waals surface area (Å²) in [4.78, 5) is 25.2. The van der Waals surface area contributed by atoms with Crippen LogP contribution in [0.3, 0.4) is 0 Å². The van der Waals surface area contributed by atoms with Gasteiger partial charge in [0.1, 0.15) is 10.1 Å². The van der Waals surface area contributed by atoms with Gasteiger partial charge in [0.25, 0.3) is 0 Å². The van der Waals surface area contributed by atoms with E-state index in [4.69, 9.17) is 10.9 Å². The molecule has 1 aliphatic carbocycles. The van der Waals surface area contributed by atoms with Crippen molar-refractivity contribution in [2.75, 3.05) is 11.1 Å². The number of rotatable bonds is 4. The van der Waals surface area contributed by atoms with Crippen LogP contribution in [0.2, 0.25) is 0 Å². The first-order chi connectivity index (χ1) is 14.9. The predicted octanol–water partition coefficient (Wildman–Crippen LogP) is 1.34. The smallest absolute Gasteiger partial charge is 0.238 e. The molecule has 0 aromatic heterocycles. The Hall–Kier alpha value is -3.58. The third-order valence-corrected chi connectivity index (χ3v) is 6.74. The number of carbonyl (C=O) groups excluding carboxylic acids is 2. The molecule has 4 rings (SSSR count). The Morgan fingerprint density at radius 2 is 1.34 bits per heavy atom. The highest BCUT2D eigenvalue weighted by Crippen LogP contribution is 2.40. The lowest BCUT2D eigenvalue weighted by molar-refractivity contribution is 0.0980. The number of ketones is 2. The third kappa shape index (κ3) is 3.54. The van der Waals surface area contributed by atoms with E-state index in [1.54, 1.807) is 6.07 Å². The van der Waals surface area contributed by atoms with Crippen LogP contribution in [-0.2, 0) is 20.1 Å². The van der Waals surface area contributed by atoms with E-state index >= 15 is 0 Å². The number of hydrogen-bond donors (Lipinski definition) is 3. The molecule has 0 amide bonds. The number of primary sulfonamides is 1. The van der Waals surface area contributed by atoms with Gasteiger partial charge < -0.3 is 15.6 Å². The van der Waals surface area contributed by atoms with Gasteiger partial charge >= 0.3 is 0 Å². The van der Waals surface area contributed by atoms with Crippen LogP contribution in [0, 0.1) is 0 Å². The summed E-state index contributed by atoms with van der Waals surface area (Å²) in [5, 5.41) is 7.83. The lowest BCUT2D eigenvalue weighted by Gasteiger charge is -2.25. The second-order valence-electron chi connectivity index (χ2n) is 6.94. The van der Waals surface area contributed by atoms with Gasteiger partial charge in [-0.15, -0.1) is 0 Å². The fraction of sp³-hybridized carbons (Fsp3) is 0. The Labute approximate surface area is 182 Å². The molecule has 0 saturated heterocycles. The Bertz CT molecular complexity index is 1530. The van der Waals surface area contributed by atoms with Crippen molar-refractivity contribution in [3.05, 3.63) is 76.9 Å². The molecule has 0 heterocycles. The number of carbonyl (C=O) groups is 2. The minimum absolute atomic E-state index is 0.0283. The number of anilines is 3. The Morgan fingerprint density at radius 3 is 1.84 bits per heavy atom. The van der Waals surface area contributed by atoms with Gasteiger partial charge in [0.15, 0.2) is 11.6 Å². The van der Waals surface area contributed by atoms with Gasteiger partial charge in [-0.05, 0) is 30.3 Å². The maximum Gasteiger partial charge on any atom is 0.238 e. The molecule has 0 unspecified atom stereocenters. The van der Waals surface area contributed by atoms with Crippen LogP contribution in [0.15, 0.2) is 64.4 Å². The first-order valence-electron chi connectivity index (χ1n) is 8.90. The quantitative estimate of drug-likeness (QED) is 0.290. The summed E-state index contributed by atoms with van der Waals surface area (Å²) in [6.07, 6.45) is 0. The maximum atomic E-state index is 13.2. The number of fused-ring (bicyclic) bond motifs is 2. The van der Waals surface area contributed by atoms with Gasteiger partial charge in [0.2, 0.25) is 10.0 Å². The summed E-state index contributed by atoms with van der Waals surface area (Å²) in [6, 6.07) is 11.8. The van der Waals surface area contributed by atoms with Gasteiger partial charge in [-0.2, -0.15) is 0 Å². The maximum absolute atomic E-state index is 13.2. The molecule has 0 radical (unpaired) electrons. The molecule has 1 aliphatic rings. The zero-order valence-corrected chi connectivity index (χ0v) is 17.7. The van der Waals surface area contributed by atoms with Gasteiger partial charge in [-0.1, -0.05) is 24.3 Å². The van der Waals surface area contributed by atoms with Crippen molar-refractivity contribution in [3.63, 3.8) is 0 Å². The molecule has 10 nitrogen and oxygen atoms in total. The summed E-state index contributed by atoms with van der Waals surface area (Å²) < 4.78 is 58.3. The summed E-state index contributed by atoms with van der Waals surface area (Å²) in [6.45, 7) is 0. The molecule has 0 atom stereocenters. The summed E-state index contributed by atoms with van der Waals surface area (Å²) in [5.41, 5.74) is 4.86. The fourth-order valence-electron chi connectivity index (χ4n) is 3.48. The highest BCUT2D eigenvalue weighted by Gasteiger charge is 2.35. The number of benzene rings is 3. The number of hydrogen-bond acceptors (Lipinski definition) is 9. The molecular weight excluding hydrogens is 458 g/mol. The molecule has 32 heavy (non-hydrogen) atoms. The molecule has 12 heteroatoms. The normalized spacial score (nSPS) is 13.4. The zero-order chi connectivity index (χ0) is 23.4. The molecule has 0 bridgehead atoms. The molecular formula is C20H14N3O7S2-. The van der Waals surface area contributed by atoms with Crippen LogP contribution in [-0.4, -0.2) is 33.0 Å². The van der Waals surface area contributed by atoms with Crippen molar-refractivity contribution in [1.82, 2.24) is 0 Å². The van der Waals surface area contributed by atoms with Crippen molar-refractivity contribution >= 4 is 48.8 Å². The Balaban J connectivity index is 1.95. The second kappa shape index (κ2) is 7.24. The molecule has 0 aliphatic heterocycles. The van der Waals surface area contributed by atoms with E-state index in [0.717, 1.165) is 6.07 Å². The van der Waals surface area contributed by atoms with Crippen molar-refractivity contribution in [2.45, 2.75) is 9.79 Å². The van der Waals surface area contributed by atoms with E-state index in [1.165, 1.54) is 42.5 Å². The van der Waals surface area contributed by atoms with Crippen LogP contribution in [0.5, 0.6) is 0 Å². The fourth-order valence-corrected chi connectivity index (χ4v) is 4.63. The SMILES string of the molecule is Nc1c(S(=O)(=O)[O-])cc(Nc2ccc(S(N)(=O)=O)cc2)c2c1C(=O)c1ccccc1C2=O. The summed E-state index contributed by atoms with van der Waals surface area (Å²) >= 11 is 0. The van der Waals surface area contributed by atoms with Crippen molar-refractivity contribution in [3.8, 4) is 0 Å². The van der Waals surface area contributed by atoms with E-state index < -0.39 is 47.9 Å². The van der Waals surface area contributed by atoms with Crippen LogP contribution in [0.1, 0.15) is 31.8 Å². The van der Waals surface area contributed by atoms with Crippen molar-refractivity contribution in [2.24, 2.45) is 5.14 Å². The molecule has 5 N–H and O–H groups in total. The largest absolute Gasteiger partial charge is 0.744 e. The van der Waals surface area contributed by atoms with Gasteiger partial charge in [-0.25, -0.2) is 22.0 Å². The monoisotopic (exact) mass is 472 g/mol. The summed E-state index contributed by atoms with van der Waals surface area (Å²) in [7, 11) is -9.05. The van der Waals surface area contributed by atoms with E-state index in [9.17, 15) is 31.0 Å². The minimum Gasteiger partial charge on any atom is -0.744 e. The number of sulfonamides is 1. The number of nitrogens with one attached hydrogen (secondary N) is 1. The van der Waals surface area contributed by atoms with Gasteiger partial charge in [-0.3, -0.25) is 9.59 Å². The van der Waals surface area contributed by atoms with Gasteiger partial charge in [0.05, 0.1) is 32.3 Å². The van der Waals surface area contributed by atoms with Crippen LogP contribution in [0.25, 0.3) is 0 Å². The third-order valence-electron chi connectivity index (χ3n) is 4.93. The topological polar surface area (TPSA) is 190 Å².